The zero-order chi connectivity index (χ0) is 11.7. The van der Waals surface area contributed by atoms with Crippen molar-refractivity contribution >= 4 is 11.6 Å². The molecule has 1 aromatic rings. The molecule has 0 spiro atoms. The van der Waals surface area contributed by atoms with E-state index in [4.69, 9.17) is 11.6 Å². The molecule has 15 heavy (non-hydrogen) atoms. The van der Waals surface area contributed by atoms with E-state index in [1.807, 2.05) is 0 Å². The Morgan fingerprint density at radius 1 is 1.33 bits per heavy atom. The van der Waals surface area contributed by atoms with Crippen molar-refractivity contribution in [3.63, 3.8) is 0 Å². The summed E-state index contributed by atoms with van der Waals surface area (Å²) >= 11 is 5.38. The monoisotopic (exact) mass is 231 g/mol. The first kappa shape index (κ1) is 14.1. The molecule has 5 heteroatoms. The summed E-state index contributed by atoms with van der Waals surface area (Å²) in [5.41, 5.74) is -0.380. The fourth-order valence-corrected chi connectivity index (χ4v) is 1.10. The van der Waals surface area contributed by atoms with Gasteiger partial charge in [0.25, 0.3) is 0 Å². The fourth-order valence-electron chi connectivity index (χ4n) is 0.996. The summed E-state index contributed by atoms with van der Waals surface area (Å²) in [6.45, 7) is 10.1. The van der Waals surface area contributed by atoms with Crippen molar-refractivity contribution in [3.8, 4) is 0 Å². The molecule has 86 valence electrons. The highest BCUT2D eigenvalue weighted by Gasteiger charge is 1.89. The molecule has 0 aromatic carbocycles. The van der Waals surface area contributed by atoms with Crippen LogP contribution in [0.2, 0.25) is 5.02 Å². The van der Waals surface area contributed by atoms with Crippen LogP contribution < -0.4 is 5.69 Å². The van der Waals surface area contributed by atoms with Crippen LogP contribution in [-0.4, -0.2) is 34.5 Å². The average Bonchev–Trinajstić information content (AvgIpc) is 2.26. The minimum Gasteiger partial charge on any atom is -0.311 e. The fraction of sp³-hybridized carbons (Fsp3) is 0.600. The van der Waals surface area contributed by atoms with Gasteiger partial charge in [0.2, 0.25) is 0 Å². The maximum Gasteiger partial charge on any atom is 0.344 e. The predicted octanol–water partition coefficient (Wildman–Crippen LogP) is 1.77. The number of halogens is 1. The molecule has 1 rings (SSSR count). The molecule has 0 bridgehead atoms. The van der Waals surface area contributed by atoms with Gasteiger partial charge in [-0.15, -0.1) is 0 Å². The first-order chi connectivity index (χ1) is 7.13. The van der Waals surface area contributed by atoms with Gasteiger partial charge in [0, 0.05) is 6.20 Å². The van der Waals surface area contributed by atoms with Crippen LogP contribution in [0, 0.1) is 0 Å². The topological polar surface area (TPSA) is 49.0 Å². The molecule has 0 saturated carbocycles. The molecule has 0 aliphatic carbocycles. The molecule has 1 N–H and O–H groups in total. The van der Waals surface area contributed by atoms with Gasteiger partial charge >= 0.3 is 5.69 Å². The van der Waals surface area contributed by atoms with Crippen LogP contribution >= 0.6 is 11.6 Å². The van der Waals surface area contributed by atoms with Gasteiger partial charge in [-0.3, -0.25) is 0 Å². The van der Waals surface area contributed by atoms with Gasteiger partial charge in [0.1, 0.15) is 0 Å². The van der Waals surface area contributed by atoms with Gasteiger partial charge < -0.3 is 9.88 Å². The number of aromatic amines is 1. The Kier molecular flexibility index (Phi) is 7.95. The summed E-state index contributed by atoms with van der Waals surface area (Å²) in [6, 6.07) is 0. The lowest BCUT2D eigenvalue weighted by Crippen LogP contribution is -2.21. The molecule has 0 radical (unpaired) electrons. The van der Waals surface area contributed by atoms with Crippen molar-refractivity contribution < 1.29 is 0 Å². The lowest BCUT2D eigenvalue weighted by atomic mass is 10.5. The smallest absolute Gasteiger partial charge is 0.311 e. The first-order valence-corrected chi connectivity index (χ1v) is 5.44. The van der Waals surface area contributed by atoms with Crippen molar-refractivity contribution in [3.05, 3.63) is 27.9 Å². The zero-order valence-electron chi connectivity index (χ0n) is 9.46. The minimum atomic E-state index is -0.380. The molecule has 0 aliphatic rings. The number of nitrogens with zero attached hydrogens (tertiary/aromatic N) is 2. The molecule has 0 amide bonds. The number of rotatable bonds is 3. The molecule has 4 nitrogen and oxygen atoms in total. The van der Waals surface area contributed by atoms with Crippen molar-refractivity contribution in [1.82, 2.24) is 14.9 Å². The maximum absolute atomic E-state index is 10.2. The van der Waals surface area contributed by atoms with Crippen molar-refractivity contribution in [2.24, 2.45) is 0 Å². The van der Waals surface area contributed by atoms with E-state index in [2.05, 4.69) is 35.6 Å². The van der Waals surface area contributed by atoms with E-state index in [0.717, 1.165) is 0 Å². The number of aromatic nitrogens is 2. The Bertz CT molecular complexity index is 284. The van der Waals surface area contributed by atoms with Crippen molar-refractivity contribution in [2.45, 2.75) is 20.8 Å². The van der Waals surface area contributed by atoms with Gasteiger partial charge in [-0.05, 0) is 19.6 Å². The normalized spacial score (nSPS) is 9.67. The summed E-state index contributed by atoms with van der Waals surface area (Å²) in [5.74, 6) is 0. The van der Waals surface area contributed by atoms with Gasteiger partial charge in [-0.25, -0.2) is 9.78 Å². The quantitative estimate of drug-likeness (QED) is 0.863. The van der Waals surface area contributed by atoms with Crippen LogP contribution in [0.3, 0.4) is 0 Å². The molecular formula is C10H18ClN3O. The Morgan fingerprint density at radius 2 is 1.87 bits per heavy atom. The third-order valence-corrected chi connectivity index (χ3v) is 2.19. The lowest BCUT2D eigenvalue weighted by molar-refractivity contribution is 0.321. The molecular weight excluding hydrogens is 214 g/mol. The van der Waals surface area contributed by atoms with E-state index < -0.39 is 0 Å². The van der Waals surface area contributed by atoms with Crippen LogP contribution in [0.1, 0.15) is 20.8 Å². The number of H-pyrrole nitrogens is 1. The minimum absolute atomic E-state index is 0.380. The van der Waals surface area contributed by atoms with E-state index in [-0.39, 0.29) is 5.69 Å². The highest BCUT2D eigenvalue weighted by atomic mass is 35.5. The van der Waals surface area contributed by atoms with Gasteiger partial charge in [-0.1, -0.05) is 32.4 Å². The van der Waals surface area contributed by atoms with Gasteiger partial charge in [0.05, 0.1) is 11.2 Å². The van der Waals surface area contributed by atoms with Crippen LogP contribution in [-0.2, 0) is 0 Å². The van der Waals surface area contributed by atoms with E-state index in [1.54, 1.807) is 0 Å². The van der Waals surface area contributed by atoms with E-state index >= 15 is 0 Å². The van der Waals surface area contributed by atoms with Crippen molar-refractivity contribution in [1.29, 1.82) is 0 Å². The summed E-state index contributed by atoms with van der Waals surface area (Å²) in [4.78, 5) is 18.2. The molecule has 1 aromatic heterocycles. The highest BCUT2D eigenvalue weighted by molar-refractivity contribution is 6.30. The third-order valence-electron chi connectivity index (χ3n) is 1.98. The van der Waals surface area contributed by atoms with Gasteiger partial charge in [-0.2, -0.15) is 0 Å². The van der Waals surface area contributed by atoms with Crippen LogP contribution in [0.15, 0.2) is 17.2 Å². The molecule has 0 aliphatic heterocycles. The summed E-state index contributed by atoms with van der Waals surface area (Å²) < 4.78 is 0. The highest BCUT2D eigenvalue weighted by Crippen LogP contribution is 1.97. The molecule has 0 saturated heterocycles. The third kappa shape index (κ3) is 7.11. The average molecular weight is 232 g/mol. The largest absolute Gasteiger partial charge is 0.344 e. The molecule has 0 fully saturated rings. The molecule has 0 atom stereocenters. The van der Waals surface area contributed by atoms with Crippen LogP contribution in [0.25, 0.3) is 0 Å². The van der Waals surface area contributed by atoms with E-state index in [1.165, 1.54) is 32.0 Å². The Hall–Kier alpha value is -0.870. The zero-order valence-corrected chi connectivity index (χ0v) is 10.2. The molecule has 0 unspecified atom stereocenters. The molecule has 1 heterocycles. The first-order valence-electron chi connectivity index (χ1n) is 5.06. The Morgan fingerprint density at radius 3 is 2.07 bits per heavy atom. The van der Waals surface area contributed by atoms with Crippen LogP contribution in [0.4, 0.5) is 0 Å². The van der Waals surface area contributed by atoms with E-state index in [0.29, 0.717) is 5.02 Å². The van der Waals surface area contributed by atoms with E-state index in [9.17, 15) is 4.79 Å². The second-order valence-corrected chi connectivity index (χ2v) is 3.29. The summed E-state index contributed by atoms with van der Waals surface area (Å²) in [7, 11) is 0. The van der Waals surface area contributed by atoms with Crippen LogP contribution in [0.5, 0.6) is 0 Å². The maximum atomic E-state index is 10.2. The summed E-state index contributed by atoms with van der Waals surface area (Å²) in [5, 5.41) is 0.435. The summed E-state index contributed by atoms with van der Waals surface area (Å²) in [6.07, 6.45) is 2.68. The second-order valence-electron chi connectivity index (χ2n) is 2.86. The SMILES string of the molecule is CCN(CC)CC.O=c1ncc(Cl)c[nH]1. The van der Waals surface area contributed by atoms with Crippen molar-refractivity contribution in [2.75, 3.05) is 19.6 Å². The number of nitrogens with one attached hydrogen (secondary N) is 1. The number of hydrogen-bond donors (Lipinski definition) is 1. The Balaban J connectivity index is 0.000000265. The standard InChI is InChI=1S/C6H15N.C4H3ClN2O/c1-4-7(5-2)6-3;5-3-1-6-4(8)7-2-3/h4-6H2,1-3H3;1-2H,(H,6,7,8). The predicted molar refractivity (Wildman–Crippen MR) is 63.3 cm³/mol. The lowest BCUT2D eigenvalue weighted by Gasteiger charge is -2.13. The second kappa shape index (κ2) is 8.44. The Labute approximate surface area is 95.3 Å². The number of hydrogen-bond acceptors (Lipinski definition) is 3. The van der Waals surface area contributed by atoms with Gasteiger partial charge in [0.15, 0.2) is 0 Å².